The fourth-order valence-corrected chi connectivity index (χ4v) is 4.24. The first kappa shape index (κ1) is 26.8. The van der Waals surface area contributed by atoms with Crippen LogP contribution in [0.2, 0.25) is 5.02 Å². The van der Waals surface area contributed by atoms with Crippen LogP contribution < -0.4 is 20.1 Å². The summed E-state index contributed by atoms with van der Waals surface area (Å²) in [5, 5.41) is 5.57. The molecule has 0 atom stereocenters. The maximum Gasteiger partial charge on any atom is 0.329 e. The summed E-state index contributed by atoms with van der Waals surface area (Å²) in [7, 11) is 1.49. The van der Waals surface area contributed by atoms with Gasteiger partial charge in [-0.25, -0.2) is 9.69 Å². The number of hydrogen-bond acceptors (Lipinski definition) is 5. The Kier molecular flexibility index (Phi) is 8.33. The molecule has 9 heteroatoms. The van der Waals surface area contributed by atoms with Crippen LogP contribution in [0.3, 0.4) is 0 Å². The molecule has 1 aliphatic heterocycles. The van der Waals surface area contributed by atoms with E-state index in [1.54, 1.807) is 18.2 Å². The third-order valence-electron chi connectivity index (χ3n) is 6.00. The Labute approximate surface area is 226 Å². The molecule has 38 heavy (non-hydrogen) atoms. The molecule has 1 heterocycles. The first-order chi connectivity index (χ1) is 18.3. The van der Waals surface area contributed by atoms with Crippen LogP contribution in [-0.4, -0.2) is 36.4 Å². The second-order valence-corrected chi connectivity index (χ2v) is 9.15. The Hall–Kier alpha value is -4.30. The lowest BCUT2D eigenvalue weighted by molar-refractivity contribution is -0.127. The van der Waals surface area contributed by atoms with Crippen molar-refractivity contribution in [2.75, 3.05) is 19.0 Å². The first-order valence-electron chi connectivity index (χ1n) is 12.1. The Morgan fingerprint density at radius 3 is 2.55 bits per heavy atom. The fraction of sp³-hybridized carbons (Fsp3) is 0.207. The molecule has 3 aromatic carbocycles. The molecule has 3 aromatic rings. The highest BCUT2D eigenvalue weighted by atomic mass is 35.5. The molecule has 1 saturated heterocycles. The van der Waals surface area contributed by atoms with Gasteiger partial charge in [-0.1, -0.05) is 66.6 Å². The summed E-state index contributed by atoms with van der Waals surface area (Å²) in [6.45, 7) is 3.86. The number of halogens is 1. The number of carbonyl (C=O) groups excluding carboxylic acids is 3. The van der Waals surface area contributed by atoms with Crippen molar-refractivity contribution in [1.29, 1.82) is 0 Å². The molecule has 1 aliphatic rings. The lowest BCUT2D eigenvalue weighted by Crippen LogP contribution is -2.38. The van der Waals surface area contributed by atoms with Crippen LogP contribution in [0.5, 0.6) is 11.5 Å². The molecule has 0 aromatic heterocycles. The monoisotopic (exact) mass is 533 g/mol. The number of nitrogens with zero attached hydrogens (tertiary/aromatic N) is 1. The molecule has 2 N–H and O–H groups in total. The predicted molar refractivity (Wildman–Crippen MR) is 146 cm³/mol. The number of anilines is 1. The maximum absolute atomic E-state index is 12.9. The van der Waals surface area contributed by atoms with Gasteiger partial charge in [0.2, 0.25) is 5.91 Å². The maximum atomic E-state index is 12.9. The Morgan fingerprint density at radius 1 is 1.11 bits per heavy atom. The van der Waals surface area contributed by atoms with E-state index in [2.05, 4.69) is 10.6 Å². The average molecular weight is 534 g/mol. The van der Waals surface area contributed by atoms with E-state index >= 15 is 0 Å². The van der Waals surface area contributed by atoms with Gasteiger partial charge in [0.15, 0.2) is 11.5 Å². The molecule has 0 bridgehead atoms. The van der Waals surface area contributed by atoms with Gasteiger partial charge in [0.25, 0.3) is 5.91 Å². The van der Waals surface area contributed by atoms with E-state index < -0.39 is 24.4 Å². The van der Waals surface area contributed by atoms with Crippen LogP contribution in [-0.2, 0) is 22.6 Å². The second kappa shape index (κ2) is 11.8. The number of hydrogen-bond donors (Lipinski definition) is 2. The van der Waals surface area contributed by atoms with E-state index in [1.165, 1.54) is 13.2 Å². The summed E-state index contributed by atoms with van der Waals surface area (Å²) >= 11 is 6.48. The largest absolute Gasteiger partial charge is 0.493 e. The highest BCUT2D eigenvalue weighted by Crippen LogP contribution is 2.37. The normalized spacial score (nSPS) is 14.0. The Morgan fingerprint density at radius 2 is 1.84 bits per heavy atom. The second-order valence-electron chi connectivity index (χ2n) is 8.75. The van der Waals surface area contributed by atoms with Crippen LogP contribution >= 0.6 is 11.6 Å². The molecule has 4 amide bonds. The van der Waals surface area contributed by atoms with Gasteiger partial charge in [-0.05, 0) is 54.3 Å². The van der Waals surface area contributed by atoms with Crippen molar-refractivity contribution in [2.24, 2.45) is 0 Å². The molecule has 0 aliphatic carbocycles. The van der Waals surface area contributed by atoms with E-state index in [9.17, 15) is 14.4 Å². The number of urea groups is 1. The number of methoxy groups -OCH3 is 1. The van der Waals surface area contributed by atoms with E-state index in [1.807, 2.05) is 56.3 Å². The van der Waals surface area contributed by atoms with Crippen molar-refractivity contribution in [3.63, 3.8) is 0 Å². The van der Waals surface area contributed by atoms with Crippen molar-refractivity contribution < 1.29 is 23.9 Å². The van der Waals surface area contributed by atoms with Gasteiger partial charge in [0.05, 0.1) is 12.1 Å². The van der Waals surface area contributed by atoms with Crippen LogP contribution in [0.25, 0.3) is 6.08 Å². The van der Waals surface area contributed by atoms with Crippen LogP contribution in [0, 0.1) is 6.92 Å². The zero-order valence-electron chi connectivity index (χ0n) is 21.3. The number of benzene rings is 3. The number of carbonyl (C=O) groups is 3. The highest BCUT2D eigenvalue weighted by Gasteiger charge is 2.35. The Balaban J connectivity index is 1.47. The lowest BCUT2D eigenvalue weighted by atomic mass is 10.1. The minimum atomic E-state index is -0.684. The van der Waals surface area contributed by atoms with Gasteiger partial charge in [-0.3, -0.25) is 9.59 Å². The first-order valence-corrected chi connectivity index (χ1v) is 12.4. The standard InChI is InChI=1S/C29H28ClN3O5/c1-4-21-7-5-6-8-23(21)31-26(34)16-33-28(35)24(32-29(33)36)14-20-13-22(30)27(25(15-20)37-3)38-17-19-11-9-18(2)10-12-19/h5-15H,4,16-17H2,1-3H3,(H,31,34)(H,32,36)/b24-14+. The van der Waals surface area contributed by atoms with Crippen molar-refractivity contribution in [3.05, 3.63) is 93.6 Å². The number of amides is 4. The minimum Gasteiger partial charge on any atom is -0.493 e. The predicted octanol–water partition coefficient (Wildman–Crippen LogP) is 5.33. The summed E-state index contributed by atoms with van der Waals surface area (Å²) in [6, 6.07) is 17.9. The number of rotatable bonds is 9. The summed E-state index contributed by atoms with van der Waals surface area (Å²) in [5.41, 5.74) is 4.26. The van der Waals surface area contributed by atoms with Gasteiger partial charge >= 0.3 is 6.03 Å². The third-order valence-corrected chi connectivity index (χ3v) is 6.28. The summed E-state index contributed by atoms with van der Waals surface area (Å²) in [6.07, 6.45) is 2.21. The lowest BCUT2D eigenvalue weighted by Gasteiger charge is -2.14. The SMILES string of the molecule is CCc1ccccc1NC(=O)CN1C(=O)N/C(=C/c2cc(Cl)c(OCc3ccc(C)cc3)c(OC)c2)C1=O. The summed E-state index contributed by atoms with van der Waals surface area (Å²) < 4.78 is 11.4. The Bertz CT molecular complexity index is 1400. The molecule has 0 radical (unpaired) electrons. The van der Waals surface area contributed by atoms with E-state index in [0.29, 0.717) is 29.4 Å². The van der Waals surface area contributed by atoms with Crippen LogP contribution in [0.15, 0.2) is 66.4 Å². The molecule has 4 rings (SSSR count). The summed E-state index contributed by atoms with van der Waals surface area (Å²) in [4.78, 5) is 38.9. The van der Waals surface area contributed by atoms with Crippen molar-refractivity contribution in [3.8, 4) is 11.5 Å². The smallest absolute Gasteiger partial charge is 0.329 e. The quantitative estimate of drug-likeness (QED) is 0.286. The van der Waals surface area contributed by atoms with Crippen molar-refractivity contribution in [1.82, 2.24) is 10.2 Å². The molecule has 8 nitrogen and oxygen atoms in total. The van der Waals surface area contributed by atoms with Crippen molar-refractivity contribution in [2.45, 2.75) is 26.9 Å². The van der Waals surface area contributed by atoms with E-state index in [-0.39, 0.29) is 10.7 Å². The van der Waals surface area contributed by atoms with E-state index in [0.717, 1.165) is 28.0 Å². The molecule has 0 spiro atoms. The van der Waals surface area contributed by atoms with E-state index in [4.69, 9.17) is 21.1 Å². The topological polar surface area (TPSA) is 97.0 Å². The zero-order valence-corrected chi connectivity index (χ0v) is 22.1. The van der Waals surface area contributed by atoms with Gasteiger partial charge in [-0.2, -0.15) is 0 Å². The van der Waals surface area contributed by atoms with Gasteiger partial charge in [0, 0.05) is 5.69 Å². The number of para-hydroxylation sites is 1. The van der Waals surface area contributed by atoms with Gasteiger partial charge in [0.1, 0.15) is 18.8 Å². The highest BCUT2D eigenvalue weighted by molar-refractivity contribution is 6.32. The van der Waals surface area contributed by atoms with Gasteiger partial charge < -0.3 is 20.1 Å². The van der Waals surface area contributed by atoms with Crippen LogP contribution in [0.1, 0.15) is 29.2 Å². The zero-order chi connectivity index (χ0) is 27.2. The van der Waals surface area contributed by atoms with Crippen molar-refractivity contribution >= 4 is 41.2 Å². The molecule has 0 saturated carbocycles. The molecule has 196 valence electrons. The molecular weight excluding hydrogens is 506 g/mol. The molecular formula is C29H28ClN3O5. The number of imide groups is 1. The number of ether oxygens (including phenoxy) is 2. The van der Waals surface area contributed by atoms with Gasteiger partial charge in [-0.15, -0.1) is 0 Å². The summed E-state index contributed by atoms with van der Waals surface area (Å²) in [5.74, 6) is -0.359. The number of nitrogens with one attached hydrogen (secondary N) is 2. The average Bonchev–Trinajstić information content (AvgIpc) is 3.16. The minimum absolute atomic E-state index is 0.0169. The fourth-order valence-electron chi connectivity index (χ4n) is 3.97. The number of aryl methyl sites for hydroxylation is 2. The molecule has 1 fully saturated rings. The molecule has 0 unspecified atom stereocenters. The third kappa shape index (κ3) is 6.15. The van der Waals surface area contributed by atoms with Crippen LogP contribution in [0.4, 0.5) is 10.5 Å².